The maximum Gasteiger partial charge on any atom is 0.311 e. The van der Waals surface area contributed by atoms with E-state index in [0.717, 1.165) is 0 Å². The lowest BCUT2D eigenvalue weighted by atomic mass is 9.82. The molecule has 1 fully saturated rings. The number of halogens is 1. The number of alkyl halides is 1. The van der Waals surface area contributed by atoms with Gasteiger partial charge in [-0.05, 0) is 47.1 Å². The lowest BCUT2D eigenvalue weighted by molar-refractivity contribution is -0.168. The molecule has 0 amide bonds. The third-order valence-corrected chi connectivity index (χ3v) is 6.47. The minimum atomic E-state index is -0.983. The first-order valence-corrected chi connectivity index (χ1v) is 11.3. The number of rotatable bonds is 5. The number of nitrogens with two attached hydrogens (primary N) is 1. The molecule has 0 radical (unpaired) electrons. The van der Waals surface area contributed by atoms with Crippen molar-refractivity contribution in [2.45, 2.75) is 60.1 Å². The maximum absolute atomic E-state index is 12.8. The Kier molecular flexibility index (Phi) is 6.50. The van der Waals surface area contributed by atoms with E-state index in [9.17, 15) is 9.59 Å². The first-order chi connectivity index (χ1) is 15.2. The zero-order valence-electron chi connectivity index (χ0n) is 20.0. The van der Waals surface area contributed by atoms with Crippen LogP contribution in [0.5, 0.6) is 0 Å². The molecule has 2 heterocycles. The molecule has 3 atom stereocenters. The Balaban J connectivity index is 2.03. The van der Waals surface area contributed by atoms with Gasteiger partial charge < -0.3 is 19.8 Å². The number of imidazole rings is 1. The molecular formula is C23H32ClN5O4. The van der Waals surface area contributed by atoms with Crippen LogP contribution >= 0.6 is 11.6 Å². The predicted molar refractivity (Wildman–Crippen MR) is 125 cm³/mol. The second-order valence-corrected chi connectivity index (χ2v) is 10.9. The highest BCUT2D eigenvalue weighted by molar-refractivity contribution is 6.18. The Morgan fingerprint density at radius 2 is 1.82 bits per heavy atom. The van der Waals surface area contributed by atoms with Crippen LogP contribution in [0.15, 0.2) is 24.8 Å². The first-order valence-electron chi connectivity index (χ1n) is 10.8. The molecular weight excluding hydrogens is 446 g/mol. The molecule has 0 unspecified atom stereocenters. The summed E-state index contributed by atoms with van der Waals surface area (Å²) in [7, 11) is 0. The Morgan fingerprint density at radius 3 is 2.39 bits per heavy atom. The highest BCUT2D eigenvalue weighted by Crippen LogP contribution is 2.52. The maximum atomic E-state index is 12.8. The van der Waals surface area contributed by atoms with Crippen LogP contribution in [-0.4, -0.2) is 50.0 Å². The van der Waals surface area contributed by atoms with Crippen LogP contribution in [0.1, 0.15) is 54.0 Å². The van der Waals surface area contributed by atoms with E-state index in [1.807, 2.05) is 4.57 Å². The molecule has 3 rings (SSSR count). The molecule has 0 saturated heterocycles. The number of esters is 2. The molecule has 0 aromatic carbocycles. The van der Waals surface area contributed by atoms with Crippen molar-refractivity contribution < 1.29 is 19.1 Å². The molecule has 33 heavy (non-hydrogen) atoms. The van der Waals surface area contributed by atoms with Crippen LogP contribution in [0, 0.1) is 16.2 Å². The van der Waals surface area contributed by atoms with Crippen LogP contribution < -0.4 is 5.73 Å². The fraction of sp³-hybridized carbons (Fsp3) is 0.609. The van der Waals surface area contributed by atoms with Gasteiger partial charge in [-0.2, -0.15) is 0 Å². The van der Waals surface area contributed by atoms with E-state index < -0.39 is 22.3 Å². The number of carbonyl (C=O) groups is 2. The van der Waals surface area contributed by atoms with Crippen molar-refractivity contribution in [3.05, 3.63) is 24.8 Å². The third-order valence-electron chi connectivity index (χ3n) is 5.99. The number of aromatic nitrogens is 4. The van der Waals surface area contributed by atoms with Crippen molar-refractivity contribution in [3.8, 4) is 0 Å². The molecule has 2 aromatic heterocycles. The van der Waals surface area contributed by atoms with Gasteiger partial charge in [0.15, 0.2) is 11.5 Å². The molecule has 10 heteroatoms. The SMILES string of the molecule is C=C1[C@@H](n2cnc3c(N)ncnc32)C[C@H](OC(=O)C(C)(C)C)[C@@]1(CCl)COC(=O)C(C)(C)C. The summed E-state index contributed by atoms with van der Waals surface area (Å²) < 4.78 is 13.5. The average molecular weight is 478 g/mol. The van der Waals surface area contributed by atoms with Crippen molar-refractivity contribution in [1.82, 2.24) is 19.5 Å². The summed E-state index contributed by atoms with van der Waals surface area (Å²) in [4.78, 5) is 38.0. The van der Waals surface area contributed by atoms with Crippen LogP contribution in [0.4, 0.5) is 5.82 Å². The number of hydrogen-bond acceptors (Lipinski definition) is 8. The van der Waals surface area contributed by atoms with Gasteiger partial charge in [-0.15, -0.1) is 11.6 Å². The van der Waals surface area contributed by atoms with Gasteiger partial charge in [0.1, 0.15) is 24.6 Å². The fourth-order valence-corrected chi connectivity index (χ4v) is 4.18. The molecule has 1 aliphatic carbocycles. The molecule has 0 aliphatic heterocycles. The van der Waals surface area contributed by atoms with Crippen molar-refractivity contribution in [2.75, 3.05) is 18.2 Å². The van der Waals surface area contributed by atoms with Crippen LogP contribution in [0.2, 0.25) is 0 Å². The highest BCUT2D eigenvalue weighted by atomic mass is 35.5. The summed E-state index contributed by atoms with van der Waals surface area (Å²) in [5.74, 6) is -0.441. The molecule has 1 aliphatic rings. The monoisotopic (exact) mass is 477 g/mol. The quantitative estimate of drug-likeness (QED) is 0.393. The van der Waals surface area contributed by atoms with E-state index in [0.29, 0.717) is 23.2 Å². The van der Waals surface area contributed by atoms with E-state index in [2.05, 4.69) is 21.5 Å². The van der Waals surface area contributed by atoms with Gasteiger partial charge in [0.25, 0.3) is 0 Å². The summed E-state index contributed by atoms with van der Waals surface area (Å²) in [6.45, 7) is 14.9. The molecule has 9 nitrogen and oxygen atoms in total. The smallest absolute Gasteiger partial charge is 0.311 e. The second-order valence-electron chi connectivity index (χ2n) is 10.6. The summed E-state index contributed by atoms with van der Waals surface area (Å²) >= 11 is 6.51. The third kappa shape index (κ3) is 4.55. The number of ether oxygens (including phenoxy) is 2. The van der Waals surface area contributed by atoms with Crippen molar-refractivity contribution in [2.24, 2.45) is 16.2 Å². The van der Waals surface area contributed by atoms with Crippen LogP contribution in [0.25, 0.3) is 11.2 Å². The Bertz CT molecular complexity index is 1080. The standard InChI is InChI=1S/C23H32ClN5O4/c1-13-14(29-12-28-16-17(25)26-11-27-18(16)29)8-15(33-20(31)22(5,6)7)23(13,9-24)10-32-19(30)21(2,3)4/h11-12,14-15H,1,8-10H2,2-7H3,(H2,25,26,27)/t14-,15-,23-/m0/s1. The summed E-state index contributed by atoms with van der Waals surface area (Å²) in [5.41, 5.74) is 5.22. The summed E-state index contributed by atoms with van der Waals surface area (Å²) in [5, 5.41) is 0. The van der Waals surface area contributed by atoms with Crippen molar-refractivity contribution >= 4 is 40.5 Å². The average Bonchev–Trinajstić information content (AvgIpc) is 3.25. The van der Waals surface area contributed by atoms with Gasteiger partial charge >= 0.3 is 11.9 Å². The zero-order chi connectivity index (χ0) is 24.8. The van der Waals surface area contributed by atoms with Gasteiger partial charge in [-0.1, -0.05) is 6.58 Å². The molecule has 1 saturated carbocycles. The van der Waals surface area contributed by atoms with E-state index in [1.165, 1.54) is 6.33 Å². The van der Waals surface area contributed by atoms with Crippen molar-refractivity contribution in [3.63, 3.8) is 0 Å². The minimum absolute atomic E-state index is 0.0472. The molecule has 2 aromatic rings. The number of anilines is 1. The Hall–Kier alpha value is -2.68. The molecule has 180 valence electrons. The fourth-order valence-electron chi connectivity index (χ4n) is 3.76. The van der Waals surface area contributed by atoms with Crippen molar-refractivity contribution in [1.29, 1.82) is 0 Å². The lowest BCUT2D eigenvalue weighted by Crippen LogP contribution is -2.43. The molecule has 2 N–H and O–H groups in total. The van der Waals surface area contributed by atoms with Gasteiger partial charge in [-0.25, -0.2) is 15.0 Å². The van der Waals surface area contributed by atoms with E-state index >= 15 is 0 Å². The largest absolute Gasteiger partial charge is 0.464 e. The van der Waals surface area contributed by atoms with Gasteiger partial charge in [-0.3, -0.25) is 9.59 Å². The zero-order valence-corrected chi connectivity index (χ0v) is 20.8. The predicted octanol–water partition coefficient (Wildman–Crippen LogP) is 3.68. The first kappa shape index (κ1) is 25.0. The van der Waals surface area contributed by atoms with Gasteiger partial charge in [0.05, 0.1) is 28.6 Å². The summed E-state index contributed by atoms with van der Waals surface area (Å²) in [6, 6.07) is -0.353. The van der Waals surface area contributed by atoms with Gasteiger partial charge in [0.2, 0.25) is 0 Å². The number of nitrogens with zero attached hydrogens (tertiary/aromatic N) is 4. The van der Waals surface area contributed by atoms with E-state index in [-0.39, 0.29) is 36.3 Å². The Labute approximate surface area is 198 Å². The van der Waals surface area contributed by atoms with E-state index in [1.54, 1.807) is 47.9 Å². The lowest BCUT2D eigenvalue weighted by Gasteiger charge is -2.35. The second kappa shape index (κ2) is 8.59. The number of hydrogen-bond donors (Lipinski definition) is 1. The molecule has 0 spiro atoms. The van der Waals surface area contributed by atoms with Gasteiger partial charge in [0, 0.05) is 12.3 Å². The number of carbonyl (C=O) groups excluding carboxylic acids is 2. The number of fused-ring (bicyclic) bond motifs is 1. The topological polar surface area (TPSA) is 122 Å². The van der Waals surface area contributed by atoms with Crippen LogP contribution in [0.3, 0.4) is 0 Å². The van der Waals surface area contributed by atoms with Crippen LogP contribution in [-0.2, 0) is 19.1 Å². The number of nitrogen functional groups attached to an aromatic ring is 1. The normalized spacial score (nSPS) is 23.7. The minimum Gasteiger partial charge on any atom is -0.464 e. The van der Waals surface area contributed by atoms with E-state index in [4.69, 9.17) is 26.8 Å². The Morgan fingerprint density at radius 1 is 1.18 bits per heavy atom. The highest BCUT2D eigenvalue weighted by Gasteiger charge is 2.55. The molecule has 0 bridgehead atoms. The summed E-state index contributed by atoms with van der Waals surface area (Å²) in [6.07, 6.45) is 2.68.